The van der Waals surface area contributed by atoms with E-state index in [2.05, 4.69) is 15.6 Å². The molecule has 1 heterocycles. The number of rotatable bonds is 3. The highest BCUT2D eigenvalue weighted by Gasteiger charge is 2.15. The third-order valence-electron chi connectivity index (χ3n) is 2.52. The molecule has 0 saturated heterocycles. The van der Waals surface area contributed by atoms with Crippen molar-refractivity contribution in [1.29, 1.82) is 0 Å². The summed E-state index contributed by atoms with van der Waals surface area (Å²) in [6, 6.07) is 4.84. The highest BCUT2D eigenvalue weighted by molar-refractivity contribution is 6.30. The Kier molecular flexibility index (Phi) is 4.14. The van der Waals surface area contributed by atoms with E-state index in [1.54, 1.807) is 7.05 Å². The normalized spacial score (nSPS) is 10.2. The largest absolute Gasteiger partial charge is 0.372 e. The molecule has 1 aromatic carbocycles. The minimum absolute atomic E-state index is 0.0261. The average molecular weight is 298 g/mol. The van der Waals surface area contributed by atoms with Gasteiger partial charge in [0, 0.05) is 12.1 Å². The van der Waals surface area contributed by atoms with Crippen LogP contribution in [0, 0.1) is 11.6 Å². The van der Waals surface area contributed by atoms with Crippen LogP contribution in [0.3, 0.4) is 0 Å². The van der Waals surface area contributed by atoms with Crippen LogP contribution in [0.2, 0.25) is 5.02 Å². The van der Waals surface area contributed by atoms with Crippen molar-refractivity contribution in [2.75, 3.05) is 17.7 Å². The van der Waals surface area contributed by atoms with Gasteiger partial charge in [0.25, 0.3) is 5.91 Å². The minimum Gasteiger partial charge on any atom is -0.372 e. The summed E-state index contributed by atoms with van der Waals surface area (Å²) in [5.74, 6) is -1.83. The van der Waals surface area contributed by atoms with Gasteiger partial charge in [0.1, 0.15) is 17.5 Å². The topological polar surface area (TPSA) is 54.0 Å². The van der Waals surface area contributed by atoms with Crippen LogP contribution in [0.5, 0.6) is 0 Å². The molecule has 0 aliphatic carbocycles. The molecule has 0 spiro atoms. The van der Waals surface area contributed by atoms with E-state index in [9.17, 15) is 13.6 Å². The van der Waals surface area contributed by atoms with Gasteiger partial charge in [-0.25, -0.2) is 13.8 Å². The first kappa shape index (κ1) is 14.2. The van der Waals surface area contributed by atoms with E-state index in [1.165, 1.54) is 12.1 Å². The molecule has 0 fully saturated rings. The van der Waals surface area contributed by atoms with Crippen LogP contribution in [-0.2, 0) is 0 Å². The highest BCUT2D eigenvalue weighted by Crippen LogP contribution is 2.21. The van der Waals surface area contributed by atoms with Crippen molar-refractivity contribution in [2.45, 2.75) is 0 Å². The summed E-state index contributed by atoms with van der Waals surface area (Å²) in [6.07, 6.45) is 0.978. The zero-order valence-corrected chi connectivity index (χ0v) is 11.1. The van der Waals surface area contributed by atoms with E-state index in [1.807, 2.05) is 0 Å². The maximum atomic E-state index is 13.6. The van der Waals surface area contributed by atoms with Gasteiger partial charge >= 0.3 is 0 Å². The molecule has 0 saturated carbocycles. The van der Waals surface area contributed by atoms with Gasteiger partial charge in [0.15, 0.2) is 0 Å². The van der Waals surface area contributed by atoms with Crippen molar-refractivity contribution in [2.24, 2.45) is 0 Å². The lowest BCUT2D eigenvalue weighted by Crippen LogP contribution is -2.16. The number of nitrogens with zero attached hydrogens (tertiary/aromatic N) is 1. The molecular weight excluding hydrogens is 288 g/mol. The standard InChI is InChI=1S/C13H10ClF2N3O/c1-17-12-9(5-8(15)6-18-12)13(20)19-11-3-2-7(14)4-10(11)16/h2-6H,1H3,(H,17,18)(H,19,20). The van der Waals surface area contributed by atoms with Gasteiger partial charge in [0.05, 0.1) is 17.4 Å². The number of anilines is 2. The molecule has 0 aliphatic heterocycles. The van der Waals surface area contributed by atoms with Crippen molar-refractivity contribution >= 4 is 29.0 Å². The molecule has 20 heavy (non-hydrogen) atoms. The van der Waals surface area contributed by atoms with Crippen LogP contribution in [0.1, 0.15) is 10.4 Å². The number of carbonyl (C=O) groups is 1. The first-order valence-corrected chi connectivity index (χ1v) is 5.98. The Morgan fingerprint density at radius 1 is 1.30 bits per heavy atom. The quantitative estimate of drug-likeness (QED) is 0.914. The summed E-state index contributed by atoms with van der Waals surface area (Å²) in [7, 11) is 1.54. The molecule has 0 bridgehead atoms. The molecular formula is C13H10ClF2N3O. The zero-order chi connectivity index (χ0) is 14.7. The molecule has 0 atom stereocenters. The summed E-state index contributed by atoms with van der Waals surface area (Å²) >= 11 is 5.62. The fourth-order valence-electron chi connectivity index (χ4n) is 1.59. The highest BCUT2D eigenvalue weighted by atomic mass is 35.5. The number of benzene rings is 1. The Morgan fingerprint density at radius 2 is 2.05 bits per heavy atom. The van der Waals surface area contributed by atoms with Crippen LogP contribution in [0.4, 0.5) is 20.3 Å². The number of carbonyl (C=O) groups excluding carboxylic acids is 1. The van der Waals surface area contributed by atoms with Crippen LogP contribution in [-0.4, -0.2) is 17.9 Å². The van der Waals surface area contributed by atoms with Crippen LogP contribution in [0.15, 0.2) is 30.5 Å². The monoisotopic (exact) mass is 297 g/mol. The second-order valence-electron chi connectivity index (χ2n) is 3.88. The third kappa shape index (κ3) is 3.03. The number of amides is 1. The SMILES string of the molecule is CNc1ncc(F)cc1C(=O)Nc1ccc(Cl)cc1F. The van der Waals surface area contributed by atoms with Crippen molar-refractivity contribution < 1.29 is 13.6 Å². The minimum atomic E-state index is -0.679. The van der Waals surface area contributed by atoms with Crippen molar-refractivity contribution in [3.63, 3.8) is 0 Å². The van der Waals surface area contributed by atoms with Gasteiger partial charge in [0.2, 0.25) is 0 Å². The van der Waals surface area contributed by atoms with Gasteiger partial charge in [-0.2, -0.15) is 0 Å². The number of hydrogen-bond donors (Lipinski definition) is 2. The van der Waals surface area contributed by atoms with E-state index in [0.29, 0.717) is 0 Å². The lowest BCUT2D eigenvalue weighted by atomic mass is 10.2. The Bertz CT molecular complexity index is 664. The van der Waals surface area contributed by atoms with Crippen molar-refractivity contribution in [3.8, 4) is 0 Å². The molecule has 7 heteroatoms. The van der Waals surface area contributed by atoms with Gasteiger partial charge in [-0.3, -0.25) is 4.79 Å². The Labute approximate surface area is 118 Å². The van der Waals surface area contributed by atoms with Gasteiger partial charge in [-0.1, -0.05) is 11.6 Å². The molecule has 104 valence electrons. The van der Waals surface area contributed by atoms with Gasteiger partial charge in [-0.15, -0.1) is 0 Å². The lowest BCUT2D eigenvalue weighted by molar-refractivity contribution is 0.102. The maximum absolute atomic E-state index is 13.6. The van der Waals surface area contributed by atoms with E-state index in [-0.39, 0.29) is 22.1 Å². The van der Waals surface area contributed by atoms with Crippen molar-refractivity contribution in [3.05, 3.63) is 52.7 Å². The van der Waals surface area contributed by atoms with E-state index in [4.69, 9.17) is 11.6 Å². The average Bonchev–Trinajstić information content (AvgIpc) is 2.41. The predicted octanol–water partition coefficient (Wildman–Crippen LogP) is 3.31. The Hall–Kier alpha value is -2.21. The lowest BCUT2D eigenvalue weighted by Gasteiger charge is -2.10. The van der Waals surface area contributed by atoms with Crippen LogP contribution < -0.4 is 10.6 Å². The molecule has 2 aromatic rings. The predicted molar refractivity (Wildman–Crippen MR) is 73.1 cm³/mol. The number of halogens is 3. The summed E-state index contributed by atoms with van der Waals surface area (Å²) in [6.45, 7) is 0. The maximum Gasteiger partial charge on any atom is 0.259 e. The fraction of sp³-hybridized carbons (Fsp3) is 0.0769. The smallest absolute Gasteiger partial charge is 0.259 e. The first-order chi connectivity index (χ1) is 9.51. The molecule has 0 aliphatic rings. The molecule has 1 amide bonds. The molecule has 0 radical (unpaired) electrons. The number of aromatic nitrogens is 1. The third-order valence-corrected chi connectivity index (χ3v) is 2.75. The first-order valence-electron chi connectivity index (χ1n) is 5.61. The van der Waals surface area contributed by atoms with Crippen LogP contribution in [0.25, 0.3) is 0 Å². The molecule has 2 rings (SSSR count). The number of pyridine rings is 1. The van der Waals surface area contributed by atoms with E-state index >= 15 is 0 Å². The summed E-state index contributed by atoms with van der Waals surface area (Å²) < 4.78 is 26.7. The summed E-state index contributed by atoms with van der Waals surface area (Å²) in [4.78, 5) is 15.8. The second-order valence-corrected chi connectivity index (χ2v) is 4.31. The van der Waals surface area contributed by atoms with Crippen molar-refractivity contribution in [1.82, 2.24) is 4.98 Å². The number of nitrogens with one attached hydrogen (secondary N) is 2. The summed E-state index contributed by atoms with van der Waals surface area (Å²) in [5, 5.41) is 5.21. The van der Waals surface area contributed by atoms with Crippen LogP contribution >= 0.6 is 11.6 Å². The van der Waals surface area contributed by atoms with Gasteiger partial charge < -0.3 is 10.6 Å². The van der Waals surface area contributed by atoms with E-state index < -0.39 is 17.5 Å². The molecule has 0 unspecified atom stereocenters. The molecule has 2 N–H and O–H groups in total. The van der Waals surface area contributed by atoms with Gasteiger partial charge in [-0.05, 0) is 24.3 Å². The zero-order valence-electron chi connectivity index (χ0n) is 10.4. The Balaban J connectivity index is 2.30. The Morgan fingerprint density at radius 3 is 2.70 bits per heavy atom. The second kappa shape index (κ2) is 5.83. The molecule has 1 aromatic heterocycles. The summed E-state index contributed by atoms with van der Waals surface area (Å²) in [5.41, 5.74) is -0.0763. The fourth-order valence-corrected chi connectivity index (χ4v) is 1.75. The van der Waals surface area contributed by atoms with E-state index in [0.717, 1.165) is 18.3 Å². The number of hydrogen-bond acceptors (Lipinski definition) is 3. The molecule has 4 nitrogen and oxygen atoms in total.